The molecular formula is C26H46N4O2. The number of rotatable bonds is 5. The van der Waals surface area contributed by atoms with Crippen LogP contribution in [0.5, 0.6) is 0 Å². The molecule has 0 radical (unpaired) electrons. The molecule has 1 heterocycles. The molecule has 4 fully saturated rings. The molecule has 0 saturated heterocycles. The first kappa shape index (κ1) is 22.9. The van der Waals surface area contributed by atoms with E-state index in [9.17, 15) is 10.2 Å². The molecule has 0 bridgehead atoms. The van der Waals surface area contributed by atoms with Crippen LogP contribution in [0.2, 0.25) is 0 Å². The fourth-order valence-electron chi connectivity index (χ4n) is 9.02. The van der Waals surface area contributed by atoms with Crippen LogP contribution in [0.4, 0.5) is 0 Å². The highest BCUT2D eigenvalue weighted by atomic mass is 16.3. The minimum Gasteiger partial charge on any atom is -0.393 e. The van der Waals surface area contributed by atoms with Gasteiger partial charge in [0.15, 0.2) is 0 Å². The van der Waals surface area contributed by atoms with E-state index in [0.29, 0.717) is 29.1 Å². The number of hydrogen-bond donors (Lipinski definition) is 4. The standard InChI is InChI=1S/C26H46N4O2/c1-24-11-9-20(31)17-19(24)6-7-22-21(24)10-12-25(2)18(8-13-26(22,25)32)5-4-14-28-29-23-27-15-16-30(23)3/h18-22,28,31-32H,4-17H2,1-3H3,(H,27,29)/t18-,19+,20-,21-,22+,24-,25+,26-/m0/s1. The highest BCUT2D eigenvalue weighted by Gasteiger charge is 2.66. The van der Waals surface area contributed by atoms with Gasteiger partial charge >= 0.3 is 0 Å². The lowest BCUT2D eigenvalue weighted by molar-refractivity contribution is -0.210. The van der Waals surface area contributed by atoms with Gasteiger partial charge in [-0.1, -0.05) is 13.8 Å². The van der Waals surface area contributed by atoms with Crippen molar-refractivity contribution in [2.75, 3.05) is 26.7 Å². The van der Waals surface area contributed by atoms with Gasteiger partial charge in [-0.15, -0.1) is 0 Å². The predicted molar refractivity (Wildman–Crippen MR) is 128 cm³/mol. The summed E-state index contributed by atoms with van der Waals surface area (Å²) in [4.78, 5) is 6.61. The molecule has 0 unspecified atom stereocenters. The number of aliphatic imine (C=N–C) groups is 1. The van der Waals surface area contributed by atoms with Gasteiger partial charge in [0.2, 0.25) is 5.96 Å². The van der Waals surface area contributed by atoms with Gasteiger partial charge in [-0.2, -0.15) is 0 Å². The molecule has 4 saturated carbocycles. The predicted octanol–water partition coefficient (Wildman–Crippen LogP) is 3.30. The van der Waals surface area contributed by atoms with Crippen molar-refractivity contribution in [2.24, 2.45) is 39.5 Å². The second-order valence-electron chi connectivity index (χ2n) is 12.4. The highest BCUT2D eigenvalue weighted by molar-refractivity contribution is 5.80. The number of nitrogens with zero attached hydrogens (tertiary/aromatic N) is 2. The van der Waals surface area contributed by atoms with Crippen molar-refractivity contribution in [1.29, 1.82) is 0 Å². The lowest BCUT2D eigenvalue weighted by atomic mass is 9.43. The molecule has 0 spiro atoms. The van der Waals surface area contributed by atoms with Gasteiger partial charge in [0.05, 0.1) is 18.2 Å². The molecule has 0 aromatic carbocycles. The molecule has 5 aliphatic rings. The first-order valence-electron chi connectivity index (χ1n) is 13.4. The second-order valence-corrected chi connectivity index (χ2v) is 12.4. The molecule has 32 heavy (non-hydrogen) atoms. The van der Waals surface area contributed by atoms with E-state index in [1.54, 1.807) is 0 Å². The summed E-state index contributed by atoms with van der Waals surface area (Å²) in [5, 5.41) is 22.5. The topological polar surface area (TPSA) is 80.1 Å². The van der Waals surface area contributed by atoms with Crippen molar-refractivity contribution in [3.63, 3.8) is 0 Å². The van der Waals surface area contributed by atoms with E-state index >= 15 is 0 Å². The van der Waals surface area contributed by atoms with Gasteiger partial charge < -0.3 is 15.1 Å². The van der Waals surface area contributed by atoms with E-state index in [0.717, 1.165) is 64.1 Å². The minimum atomic E-state index is -0.488. The van der Waals surface area contributed by atoms with Crippen LogP contribution in [-0.4, -0.2) is 59.5 Å². The molecule has 0 amide bonds. The molecule has 6 nitrogen and oxygen atoms in total. The maximum absolute atomic E-state index is 12.3. The Morgan fingerprint density at radius 1 is 1.06 bits per heavy atom. The Hall–Kier alpha value is -0.850. The number of fused-ring (bicyclic) bond motifs is 5. The maximum Gasteiger partial charge on any atom is 0.208 e. The molecule has 6 heteroatoms. The highest BCUT2D eigenvalue weighted by Crippen LogP contribution is 2.69. The largest absolute Gasteiger partial charge is 0.393 e. The quantitative estimate of drug-likeness (QED) is 0.385. The Kier molecular flexibility index (Phi) is 6.03. The molecule has 0 aromatic rings. The summed E-state index contributed by atoms with van der Waals surface area (Å²) >= 11 is 0. The van der Waals surface area contributed by atoms with Crippen LogP contribution in [0.15, 0.2) is 4.99 Å². The lowest BCUT2D eigenvalue weighted by Crippen LogP contribution is -2.62. The number of hydrogen-bond acceptors (Lipinski definition) is 6. The van der Waals surface area contributed by atoms with Crippen molar-refractivity contribution < 1.29 is 10.2 Å². The van der Waals surface area contributed by atoms with Gasteiger partial charge in [0.25, 0.3) is 0 Å². The molecule has 1 aliphatic heterocycles. The zero-order valence-electron chi connectivity index (χ0n) is 20.6. The monoisotopic (exact) mass is 446 g/mol. The summed E-state index contributed by atoms with van der Waals surface area (Å²) in [5.74, 6) is 3.32. The number of aliphatic hydroxyl groups excluding tert-OH is 1. The smallest absolute Gasteiger partial charge is 0.208 e. The third-order valence-electron chi connectivity index (χ3n) is 11.1. The molecule has 8 atom stereocenters. The van der Waals surface area contributed by atoms with Crippen LogP contribution in [0.25, 0.3) is 0 Å². The number of likely N-dealkylation sites (N-methyl/N-ethyl adjacent to an activating group) is 1. The third kappa shape index (κ3) is 3.51. The Morgan fingerprint density at radius 2 is 1.91 bits per heavy atom. The van der Waals surface area contributed by atoms with E-state index in [1.807, 2.05) is 0 Å². The summed E-state index contributed by atoms with van der Waals surface area (Å²) in [6.45, 7) is 7.73. The Labute approximate surface area is 194 Å². The van der Waals surface area contributed by atoms with Crippen molar-refractivity contribution >= 4 is 5.96 Å². The van der Waals surface area contributed by atoms with Crippen LogP contribution in [-0.2, 0) is 0 Å². The summed E-state index contributed by atoms with van der Waals surface area (Å²) in [6.07, 6.45) is 12.3. The normalized spacial score (nSPS) is 48.1. The molecular weight excluding hydrogens is 400 g/mol. The molecule has 4 aliphatic carbocycles. The average molecular weight is 447 g/mol. The Bertz CT molecular complexity index is 731. The van der Waals surface area contributed by atoms with E-state index in [2.05, 4.69) is 41.6 Å². The van der Waals surface area contributed by atoms with Crippen LogP contribution < -0.4 is 10.9 Å². The van der Waals surface area contributed by atoms with Crippen LogP contribution in [0.1, 0.15) is 84.5 Å². The maximum atomic E-state index is 12.3. The molecule has 182 valence electrons. The van der Waals surface area contributed by atoms with Crippen LogP contribution in [0.3, 0.4) is 0 Å². The van der Waals surface area contributed by atoms with Crippen molar-refractivity contribution in [3.8, 4) is 0 Å². The first-order valence-corrected chi connectivity index (χ1v) is 13.4. The van der Waals surface area contributed by atoms with E-state index in [-0.39, 0.29) is 11.5 Å². The summed E-state index contributed by atoms with van der Waals surface area (Å²) in [7, 11) is 2.07. The van der Waals surface area contributed by atoms with E-state index in [1.165, 1.54) is 32.1 Å². The Morgan fingerprint density at radius 3 is 2.69 bits per heavy atom. The van der Waals surface area contributed by atoms with Gasteiger partial charge in [0.1, 0.15) is 0 Å². The van der Waals surface area contributed by atoms with Gasteiger partial charge in [-0.3, -0.25) is 10.4 Å². The number of aliphatic hydroxyl groups is 2. The summed E-state index contributed by atoms with van der Waals surface area (Å²) in [5.41, 5.74) is 6.51. The Balaban J connectivity index is 1.20. The molecule has 0 aromatic heterocycles. The van der Waals surface area contributed by atoms with Crippen molar-refractivity contribution in [1.82, 2.24) is 15.8 Å². The van der Waals surface area contributed by atoms with Crippen molar-refractivity contribution in [2.45, 2.75) is 96.2 Å². The first-order chi connectivity index (χ1) is 15.3. The number of nitrogens with one attached hydrogen (secondary N) is 2. The second kappa shape index (κ2) is 8.42. The average Bonchev–Trinajstić information content (AvgIpc) is 3.29. The fraction of sp³-hybridized carbons (Fsp3) is 0.962. The number of hydrazine groups is 1. The van der Waals surface area contributed by atoms with Gasteiger partial charge in [-0.05, 0) is 105 Å². The van der Waals surface area contributed by atoms with Gasteiger partial charge in [0, 0.05) is 20.1 Å². The fourth-order valence-corrected chi connectivity index (χ4v) is 9.02. The van der Waals surface area contributed by atoms with E-state index in [4.69, 9.17) is 0 Å². The van der Waals surface area contributed by atoms with Crippen LogP contribution in [0, 0.1) is 34.5 Å². The summed E-state index contributed by atoms with van der Waals surface area (Å²) < 4.78 is 0. The van der Waals surface area contributed by atoms with Crippen molar-refractivity contribution in [3.05, 3.63) is 0 Å². The zero-order chi connectivity index (χ0) is 22.6. The van der Waals surface area contributed by atoms with Gasteiger partial charge in [-0.25, -0.2) is 5.43 Å². The SMILES string of the molecule is CN1CCN=C1NNCCC[C@H]1CC[C@]2(O)[C@@H]3CC[C@@H]4C[C@@H](O)CC[C@]4(C)[C@H]3CC[C@]12C. The van der Waals surface area contributed by atoms with E-state index < -0.39 is 5.60 Å². The lowest BCUT2D eigenvalue weighted by Gasteiger charge is -2.63. The molecule has 5 rings (SSSR count). The number of guanidine groups is 1. The zero-order valence-corrected chi connectivity index (χ0v) is 20.6. The third-order valence-corrected chi connectivity index (χ3v) is 11.1. The molecule has 4 N–H and O–H groups in total. The minimum absolute atomic E-state index is 0.0642. The van der Waals surface area contributed by atoms with Crippen LogP contribution >= 0.6 is 0 Å². The summed E-state index contributed by atoms with van der Waals surface area (Å²) in [6, 6.07) is 0.